The molecule has 1 atom stereocenters. The van der Waals surface area contributed by atoms with Crippen molar-refractivity contribution >= 4 is 26.7 Å². The lowest BCUT2D eigenvalue weighted by atomic mass is 10.2. The third-order valence-electron chi connectivity index (χ3n) is 2.47. The largest absolute Gasteiger partial charge is 0.486 e. The van der Waals surface area contributed by atoms with Crippen molar-refractivity contribution in [3.8, 4) is 11.5 Å². The lowest BCUT2D eigenvalue weighted by molar-refractivity contribution is 0.0423. The van der Waals surface area contributed by atoms with Crippen LogP contribution >= 0.6 is 11.3 Å². The van der Waals surface area contributed by atoms with E-state index in [9.17, 15) is 4.39 Å². The Morgan fingerprint density at radius 2 is 2.47 bits per heavy atom. The second-order valence-corrected chi connectivity index (χ2v) is 4.68. The highest BCUT2D eigenvalue weighted by Gasteiger charge is 2.26. The van der Waals surface area contributed by atoms with Crippen molar-refractivity contribution in [2.24, 2.45) is 0 Å². The van der Waals surface area contributed by atoms with E-state index >= 15 is 0 Å². The van der Waals surface area contributed by atoms with E-state index in [0.717, 1.165) is 11.3 Å². The predicted octanol–water partition coefficient (Wildman–Crippen LogP) is 1.15. The van der Waals surface area contributed by atoms with Crippen LogP contribution in [-0.4, -0.2) is 29.4 Å². The van der Waals surface area contributed by atoms with E-state index in [1.165, 1.54) is 0 Å². The first kappa shape index (κ1) is 10.5. The van der Waals surface area contributed by atoms with E-state index < -0.39 is 11.9 Å². The van der Waals surface area contributed by atoms with Gasteiger partial charge in [0.15, 0.2) is 28.6 Å². The Labute approximate surface area is 99.6 Å². The SMILES string of the molecule is Nc1nc2cc3c(c(F)c2s1)O[C@@H](CO)CO3. The molecule has 0 radical (unpaired) electrons. The first-order valence-electron chi connectivity index (χ1n) is 4.98. The summed E-state index contributed by atoms with van der Waals surface area (Å²) in [7, 11) is 0. The molecule has 2 aromatic rings. The van der Waals surface area contributed by atoms with Gasteiger partial charge >= 0.3 is 0 Å². The zero-order chi connectivity index (χ0) is 12.0. The van der Waals surface area contributed by atoms with E-state index in [-0.39, 0.29) is 19.0 Å². The Morgan fingerprint density at radius 3 is 3.24 bits per heavy atom. The number of hydrogen-bond acceptors (Lipinski definition) is 6. The maximum Gasteiger partial charge on any atom is 0.199 e. The molecule has 1 aromatic carbocycles. The molecule has 0 bridgehead atoms. The van der Waals surface area contributed by atoms with Crippen LogP contribution in [0.25, 0.3) is 10.2 Å². The van der Waals surface area contributed by atoms with Gasteiger partial charge in [0.05, 0.1) is 16.8 Å². The van der Waals surface area contributed by atoms with Crippen molar-refractivity contribution in [1.29, 1.82) is 0 Å². The predicted molar refractivity (Wildman–Crippen MR) is 61.0 cm³/mol. The van der Waals surface area contributed by atoms with Gasteiger partial charge in [-0.25, -0.2) is 9.37 Å². The fraction of sp³-hybridized carbons (Fsp3) is 0.300. The number of thiazole rings is 1. The molecule has 17 heavy (non-hydrogen) atoms. The lowest BCUT2D eigenvalue weighted by Gasteiger charge is -2.25. The maximum atomic E-state index is 14.1. The van der Waals surface area contributed by atoms with Gasteiger partial charge < -0.3 is 20.3 Å². The molecule has 1 aliphatic rings. The fourth-order valence-corrected chi connectivity index (χ4v) is 2.44. The zero-order valence-corrected chi connectivity index (χ0v) is 9.46. The van der Waals surface area contributed by atoms with Gasteiger partial charge in [-0.2, -0.15) is 0 Å². The molecule has 0 aliphatic carbocycles. The van der Waals surface area contributed by atoms with Crippen molar-refractivity contribution in [2.45, 2.75) is 6.10 Å². The van der Waals surface area contributed by atoms with E-state index in [4.69, 9.17) is 20.3 Å². The minimum Gasteiger partial charge on any atom is -0.486 e. The number of nitrogens with zero attached hydrogens (tertiary/aromatic N) is 1. The summed E-state index contributed by atoms with van der Waals surface area (Å²) in [6.07, 6.45) is -0.542. The summed E-state index contributed by atoms with van der Waals surface area (Å²) in [5.41, 5.74) is 5.98. The molecule has 0 saturated heterocycles. The molecular weight excluding hydrogens is 247 g/mol. The van der Waals surface area contributed by atoms with Gasteiger partial charge in [0, 0.05) is 6.07 Å². The molecule has 90 valence electrons. The van der Waals surface area contributed by atoms with Crippen LogP contribution in [0, 0.1) is 5.82 Å². The number of anilines is 1. The highest BCUT2D eigenvalue weighted by molar-refractivity contribution is 7.22. The monoisotopic (exact) mass is 256 g/mol. The number of rotatable bonds is 1. The van der Waals surface area contributed by atoms with Crippen LogP contribution in [0.2, 0.25) is 0 Å². The third kappa shape index (κ3) is 1.58. The zero-order valence-electron chi connectivity index (χ0n) is 8.64. The first-order valence-corrected chi connectivity index (χ1v) is 5.79. The minimum atomic E-state index is -0.542. The number of nitrogen functional groups attached to an aromatic ring is 1. The highest BCUT2D eigenvalue weighted by atomic mass is 32.1. The number of benzene rings is 1. The quantitative estimate of drug-likeness (QED) is 0.800. The Balaban J connectivity index is 2.18. The van der Waals surface area contributed by atoms with Gasteiger partial charge in [0.25, 0.3) is 0 Å². The van der Waals surface area contributed by atoms with Crippen molar-refractivity contribution in [3.05, 3.63) is 11.9 Å². The smallest absolute Gasteiger partial charge is 0.199 e. The molecular formula is C10H9FN2O3S. The fourth-order valence-electron chi connectivity index (χ4n) is 1.70. The molecule has 0 unspecified atom stereocenters. The summed E-state index contributed by atoms with van der Waals surface area (Å²) in [6.45, 7) is -0.0319. The van der Waals surface area contributed by atoms with Crippen molar-refractivity contribution in [3.63, 3.8) is 0 Å². The molecule has 0 saturated carbocycles. The highest BCUT2D eigenvalue weighted by Crippen LogP contribution is 2.41. The Bertz CT molecular complexity index is 586. The van der Waals surface area contributed by atoms with Crippen LogP contribution in [0.1, 0.15) is 0 Å². The first-order chi connectivity index (χ1) is 8.19. The van der Waals surface area contributed by atoms with Crippen LogP contribution in [0.5, 0.6) is 11.5 Å². The number of aromatic nitrogens is 1. The molecule has 1 aromatic heterocycles. The standard InChI is InChI=1S/C10H9FN2O3S/c11-7-8-6(15-3-4(2-14)16-8)1-5-9(7)17-10(12)13-5/h1,4,14H,2-3H2,(H2,12,13)/t4-/m0/s1. The molecule has 1 aliphatic heterocycles. The summed E-state index contributed by atoms with van der Waals surface area (Å²) in [4.78, 5) is 3.99. The van der Waals surface area contributed by atoms with Crippen molar-refractivity contribution in [2.75, 3.05) is 18.9 Å². The van der Waals surface area contributed by atoms with Gasteiger partial charge in [0.1, 0.15) is 6.61 Å². The van der Waals surface area contributed by atoms with Crippen LogP contribution in [-0.2, 0) is 0 Å². The van der Waals surface area contributed by atoms with Crippen molar-refractivity contribution < 1.29 is 19.0 Å². The van der Waals surface area contributed by atoms with Gasteiger partial charge in [-0.15, -0.1) is 0 Å². The molecule has 3 N–H and O–H groups in total. The number of fused-ring (bicyclic) bond motifs is 2. The molecule has 0 fully saturated rings. The summed E-state index contributed by atoms with van der Waals surface area (Å²) < 4.78 is 25.1. The average Bonchev–Trinajstić information content (AvgIpc) is 2.70. The second kappa shape index (κ2) is 3.71. The number of aliphatic hydroxyl groups is 1. The molecule has 0 amide bonds. The van der Waals surface area contributed by atoms with E-state index in [0.29, 0.717) is 21.1 Å². The van der Waals surface area contributed by atoms with Crippen molar-refractivity contribution in [1.82, 2.24) is 4.98 Å². The normalized spacial score (nSPS) is 18.6. The lowest BCUT2D eigenvalue weighted by Crippen LogP contribution is -2.32. The number of hydrogen-bond donors (Lipinski definition) is 2. The van der Waals surface area contributed by atoms with Gasteiger partial charge in [-0.05, 0) is 0 Å². The summed E-state index contributed by atoms with van der Waals surface area (Å²) in [6, 6.07) is 1.59. The molecule has 3 rings (SSSR count). The number of ether oxygens (including phenoxy) is 2. The minimum absolute atomic E-state index is 0.0199. The van der Waals surface area contributed by atoms with Crippen LogP contribution in [0.4, 0.5) is 9.52 Å². The summed E-state index contributed by atoms with van der Waals surface area (Å²) >= 11 is 1.05. The Morgan fingerprint density at radius 1 is 1.65 bits per heavy atom. The summed E-state index contributed by atoms with van der Waals surface area (Å²) in [5.74, 6) is -0.221. The van der Waals surface area contributed by atoms with Crippen LogP contribution < -0.4 is 15.2 Å². The molecule has 5 nitrogen and oxygen atoms in total. The topological polar surface area (TPSA) is 77.6 Å². The summed E-state index contributed by atoms with van der Waals surface area (Å²) in [5, 5.41) is 9.26. The van der Waals surface area contributed by atoms with E-state index in [2.05, 4.69) is 4.98 Å². The Kier molecular flexibility index (Phi) is 2.30. The maximum absolute atomic E-state index is 14.1. The van der Waals surface area contributed by atoms with E-state index in [1.54, 1.807) is 6.07 Å². The molecule has 2 heterocycles. The average molecular weight is 256 g/mol. The molecule has 0 spiro atoms. The number of halogens is 1. The van der Waals surface area contributed by atoms with E-state index in [1.807, 2.05) is 0 Å². The van der Waals surface area contributed by atoms with Crippen LogP contribution in [0.3, 0.4) is 0 Å². The van der Waals surface area contributed by atoms with Gasteiger partial charge in [-0.3, -0.25) is 0 Å². The second-order valence-electron chi connectivity index (χ2n) is 3.65. The number of nitrogens with two attached hydrogens (primary N) is 1. The third-order valence-corrected chi connectivity index (χ3v) is 3.37. The Hall–Kier alpha value is -1.60. The molecule has 7 heteroatoms. The van der Waals surface area contributed by atoms with Gasteiger partial charge in [0.2, 0.25) is 0 Å². The number of aliphatic hydroxyl groups excluding tert-OH is 1. The van der Waals surface area contributed by atoms with Gasteiger partial charge in [-0.1, -0.05) is 11.3 Å². The van der Waals surface area contributed by atoms with Crippen LogP contribution in [0.15, 0.2) is 6.07 Å².